The third kappa shape index (κ3) is 7.48. The van der Waals surface area contributed by atoms with E-state index in [2.05, 4.69) is 61.4 Å². The second-order valence-electron chi connectivity index (χ2n) is 13.4. The molecule has 3 heterocycles. The fourth-order valence-electron chi connectivity index (χ4n) is 6.97. The summed E-state index contributed by atoms with van der Waals surface area (Å²) in [6, 6.07) is 23.2. The number of nitrogens with one attached hydrogen (secondary N) is 3. The zero-order chi connectivity index (χ0) is 37.8. The topological polar surface area (TPSA) is 172 Å². The van der Waals surface area contributed by atoms with Gasteiger partial charge in [0.25, 0.3) is 0 Å². The Balaban J connectivity index is 1.10. The van der Waals surface area contributed by atoms with Crippen molar-refractivity contribution >= 4 is 39.7 Å². The molecule has 13 heteroatoms. The van der Waals surface area contributed by atoms with E-state index >= 15 is 0 Å². The van der Waals surface area contributed by atoms with Crippen LogP contribution in [-0.2, 0) is 34.0 Å². The molecule has 0 bridgehead atoms. The number of aromatic amines is 2. The van der Waals surface area contributed by atoms with E-state index in [1.807, 2.05) is 50.2 Å². The van der Waals surface area contributed by atoms with E-state index in [9.17, 15) is 14.4 Å². The molecule has 6 aromatic rings. The minimum atomic E-state index is -0.745. The van der Waals surface area contributed by atoms with Crippen LogP contribution >= 0.6 is 0 Å². The molecule has 4 aromatic carbocycles. The smallest absolute Gasteiger partial charge is 0.407 e. The number of methoxy groups -OCH3 is 1. The maximum absolute atomic E-state index is 13.5. The molecule has 54 heavy (non-hydrogen) atoms. The summed E-state index contributed by atoms with van der Waals surface area (Å²) in [7, 11) is 1.26. The molecule has 0 aliphatic carbocycles. The van der Waals surface area contributed by atoms with Crippen molar-refractivity contribution in [2.75, 3.05) is 26.7 Å². The Kier molecular flexibility index (Phi) is 10.6. The first kappa shape index (κ1) is 36.2. The lowest BCUT2D eigenvalue weighted by molar-refractivity contribution is -0.133. The van der Waals surface area contributed by atoms with Gasteiger partial charge in [0.15, 0.2) is 0 Å². The predicted octanol–water partition coefficient (Wildman–Crippen LogP) is 6.20. The van der Waals surface area contributed by atoms with Crippen LogP contribution in [0.5, 0.6) is 5.75 Å². The van der Waals surface area contributed by atoms with Crippen LogP contribution in [-0.4, -0.2) is 74.4 Å². The maximum Gasteiger partial charge on any atom is 0.407 e. The third-order valence-electron chi connectivity index (χ3n) is 9.67. The average Bonchev–Trinajstić information content (AvgIpc) is 3.85. The van der Waals surface area contributed by atoms with Crippen molar-refractivity contribution in [2.24, 2.45) is 5.73 Å². The Morgan fingerprint density at radius 2 is 1.70 bits per heavy atom. The van der Waals surface area contributed by atoms with E-state index in [1.165, 1.54) is 7.11 Å². The lowest BCUT2D eigenvalue weighted by Crippen LogP contribution is -2.40. The van der Waals surface area contributed by atoms with Crippen molar-refractivity contribution in [3.63, 3.8) is 0 Å². The molecule has 0 fully saturated rings. The molecule has 7 rings (SSSR count). The number of hydrogen-bond donors (Lipinski definition) is 4. The highest BCUT2D eigenvalue weighted by Crippen LogP contribution is 2.42. The van der Waals surface area contributed by atoms with E-state index in [1.54, 1.807) is 16.0 Å². The SMILES string of the molecule is CCCN(Cc1ncc(-c2ccc3c(c2)COc2cc4c(ccc5nc(CN(CCC)C(=O)[C@H](N)c6ccccc6)[nH]c54)cc2-3)[nH]1)C(=O)CNC(=O)OC. The first-order valence-corrected chi connectivity index (χ1v) is 18.2. The van der Waals surface area contributed by atoms with Gasteiger partial charge in [0.2, 0.25) is 11.8 Å². The minimum absolute atomic E-state index is 0.137. The summed E-state index contributed by atoms with van der Waals surface area (Å²) in [6.45, 7) is 5.98. The number of benzene rings is 4. The Labute approximate surface area is 312 Å². The van der Waals surface area contributed by atoms with Crippen LogP contribution in [0, 0.1) is 0 Å². The van der Waals surface area contributed by atoms with Gasteiger partial charge in [-0.25, -0.2) is 14.8 Å². The Morgan fingerprint density at radius 1 is 0.926 bits per heavy atom. The largest absolute Gasteiger partial charge is 0.488 e. The maximum atomic E-state index is 13.5. The molecule has 0 saturated carbocycles. The Morgan fingerprint density at radius 3 is 2.48 bits per heavy atom. The van der Waals surface area contributed by atoms with E-state index in [4.69, 9.17) is 15.5 Å². The summed E-state index contributed by atoms with van der Waals surface area (Å²) in [5.41, 5.74) is 13.8. The number of carbonyl (C=O) groups excluding carboxylic acids is 3. The molecule has 278 valence electrons. The van der Waals surface area contributed by atoms with Crippen LogP contribution in [0.25, 0.3) is 44.2 Å². The van der Waals surface area contributed by atoms with Gasteiger partial charge in [-0.1, -0.05) is 62.4 Å². The van der Waals surface area contributed by atoms with Crippen LogP contribution in [0.4, 0.5) is 4.79 Å². The molecule has 1 atom stereocenters. The Hall–Kier alpha value is -6.21. The quantitative estimate of drug-likeness (QED) is 0.109. The van der Waals surface area contributed by atoms with Gasteiger partial charge >= 0.3 is 6.09 Å². The van der Waals surface area contributed by atoms with Gasteiger partial charge in [-0.3, -0.25) is 9.59 Å². The standard InChI is InChI=1S/C41H44N8O5/c1-4-15-48(37(50)21-44-41(52)53-3)22-35-43-20-33(46-35)27-11-13-29-28(17-27)24-54-34-19-30-26(18-31(29)34)12-14-32-39(30)47-36(45-32)23-49(16-5-2)40(51)38(42)25-9-7-6-8-10-25/h6-14,17-20,38H,4-5,15-16,21-24,42H2,1-3H3,(H,43,46)(H,44,52)(H,45,47)/t38-/m1/s1. The average molecular weight is 729 g/mol. The van der Waals surface area contributed by atoms with Crippen molar-refractivity contribution in [2.45, 2.75) is 52.4 Å². The molecule has 5 N–H and O–H groups in total. The van der Waals surface area contributed by atoms with E-state index in [0.717, 1.165) is 73.9 Å². The zero-order valence-corrected chi connectivity index (χ0v) is 30.6. The molecular formula is C41H44N8O5. The Bertz CT molecular complexity index is 2320. The fraction of sp³-hybridized carbons (Fsp3) is 0.293. The van der Waals surface area contributed by atoms with E-state index < -0.39 is 12.1 Å². The number of aromatic nitrogens is 4. The third-order valence-corrected chi connectivity index (χ3v) is 9.67. The monoisotopic (exact) mass is 728 g/mol. The van der Waals surface area contributed by atoms with Crippen molar-refractivity contribution in [3.8, 4) is 28.1 Å². The number of H-pyrrole nitrogens is 2. The number of fused-ring (bicyclic) bond motifs is 6. The zero-order valence-electron chi connectivity index (χ0n) is 30.6. The molecule has 0 saturated heterocycles. The number of carbonyl (C=O) groups is 3. The highest BCUT2D eigenvalue weighted by molar-refractivity contribution is 6.07. The molecule has 0 spiro atoms. The van der Waals surface area contributed by atoms with Crippen molar-refractivity contribution in [3.05, 3.63) is 102 Å². The normalized spacial score (nSPS) is 12.4. The molecule has 0 unspecified atom stereocenters. The van der Waals surface area contributed by atoms with Crippen LogP contribution in [0.3, 0.4) is 0 Å². The van der Waals surface area contributed by atoms with Gasteiger partial charge < -0.3 is 40.3 Å². The van der Waals surface area contributed by atoms with Gasteiger partial charge in [-0.2, -0.15) is 0 Å². The van der Waals surface area contributed by atoms with Gasteiger partial charge in [0, 0.05) is 24.0 Å². The van der Waals surface area contributed by atoms with Crippen molar-refractivity contribution < 1.29 is 23.9 Å². The molecule has 13 nitrogen and oxygen atoms in total. The van der Waals surface area contributed by atoms with Crippen LogP contribution < -0.4 is 15.8 Å². The number of rotatable bonds is 13. The molecular weight excluding hydrogens is 685 g/mol. The van der Waals surface area contributed by atoms with Crippen molar-refractivity contribution in [1.82, 2.24) is 35.1 Å². The number of imidazole rings is 2. The second-order valence-corrected chi connectivity index (χ2v) is 13.4. The van der Waals surface area contributed by atoms with E-state index in [0.29, 0.717) is 37.9 Å². The molecule has 3 amide bonds. The molecule has 0 radical (unpaired) electrons. The number of amides is 3. The van der Waals surface area contributed by atoms with Gasteiger partial charge in [0.1, 0.15) is 36.6 Å². The first-order chi connectivity index (χ1) is 26.3. The van der Waals surface area contributed by atoms with Gasteiger partial charge in [-0.15, -0.1) is 0 Å². The minimum Gasteiger partial charge on any atom is -0.488 e. The number of alkyl carbamates (subject to hydrolysis) is 1. The van der Waals surface area contributed by atoms with Crippen LogP contribution in [0.15, 0.2) is 79.0 Å². The number of nitrogens with two attached hydrogens (primary N) is 1. The number of nitrogens with zero attached hydrogens (tertiary/aromatic N) is 4. The van der Waals surface area contributed by atoms with Crippen molar-refractivity contribution in [1.29, 1.82) is 0 Å². The summed E-state index contributed by atoms with van der Waals surface area (Å²) < 4.78 is 10.9. The lowest BCUT2D eigenvalue weighted by atomic mass is 9.92. The fourth-order valence-corrected chi connectivity index (χ4v) is 6.97. The first-order valence-electron chi connectivity index (χ1n) is 18.2. The summed E-state index contributed by atoms with van der Waals surface area (Å²) >= 11 is 0. The van der Waals surface area contributed by atoms with E-state index in [-0.39, 0.29) is 24.9 Å². The number of ether oxygens (including phenoxy) is 2. The van der Waals surface area contributed by atoms with Crippen LogP contribution in [0.2, 0.25) is 0 Å². The molecule has 2 aromatic heterocycles. The second kappa shape index (κ2) is 15.8. The lowest BCUT2D eigenvalue weighted by Gasteiger charge is -2.24. The summed E-state index contributed by atoms with van der Waals surface area (Å²) in [5.74, 6) is 1.76. The molecule has 1 aliphatic rings. The predicted molar refractivity (Wildman–Crippen MR) is 206 cm³/mol. The van der Waals surface area contributed by atoms with Gasteiger partial charge in [-0.05, 0) is 64.7 Å². The number of hydrogen-bond acceptors (Lipinski definition) is 8. The summed E-state index contributed by atoms with van der Waals surface area (Å²) in [5, 5.41) is 4.47. The van der Waals surface area contributed by atoms with Crippen LogP contribution in [0.1, 0.15) is 55.5 Å². The highest BCUT2D eigenvalue weighted by Gasteiger charge is 2.25. The molecule has 1 aliphatic heterocycles. The highest BCUT2D eigenvalue weighted by atomic mass is 16.5. The van der Waals surface area contributed by atoms with Gasteiger partial charge in [0.05, 0.1) is 43.1 Å². The summed E-state index contributed by atoms with van der Waals surface area (Å²) in [4.78, 5) is 57.4. The summed E-state index contributed by atoms with van der Waals surface area (Å²) in [6.07, 6.45) is 2.67.